The summed E-state index contributed by atoms with van der Waals surface area (Å²) in [6, 6.07) is 44.0. The van der Waals surface area contributed by atoms with E-state index in [-0.39, 0.29) is 0 Å². The molecule has 0 bridgehead atoms. The molecule has 0 saturated carbocycles. The zero-order valence-electron chi connectivity index (χ0n) is 21.4. The largest absolute Gasteiger partial charge is 0.455 e. The summed E-state index contributed by atoms with van der Waals surface area (Å²) in [6.07, 6.45) is 0. The summed E-state index contributed by atoms with van der Waals surface area (Å²) in [5, 5.41) is 6.70. The molecule has 9 rings (SSSR count). The van der Waals surface area contributed by atoms with Crippen LogP contribution in [0.1, 0.15) is 0 Å². The average molecular weight is 512 g/mol. The SMILES string of the molecule is c1ccc(-c2nc3ccccc3nc2-n2c3cccc4c5ccccc5oc5c6ccccc6cc2c5c43)cc1. The Morgan fingerprint density at radius 2 is 1.23 bits per heavy atom. The number of fused-ring (bicyclic) bond motifs is 5. The van der Waals surface area contributed by atoms with Crippen LogP contribution in [0.25, 0.3) is 82.6 Å². The molecule has 0 amide bonds. The predicted molar refractivity (Wildman–Crippen MR) is 164 cm³/mol. The van der Waals surface area contributed by atoms with Gasteiger partial charge in [-0.25, -0.2) is 9.97 Å². The van der Waals surface area contributed by atoms with Crippen molar-refractivity contribution in [3.63, 3.8) is 0 Å². The van der Waals surface area contributed by atoms with Crippen LogP contribution in [0.4, 0.5) is 0 Å². The van der Waals surface area contributed by atoms with Gasteiger partial charge in [-0.05, 0) is 41.1 Å². The Morgan fingerprint density at radius 3 is 2.10 bits per heavy atom. The minimum atomic E-state index is 0.803. The normalized spacial score (nSPS) is 12.0. The van der Waals surface area contributed by atoms with Gasteiger partial charge in [0.2, 0.25) is 0 Å². The molecule has 3 aromatic heterocycles. The van der Waals surface area contributed by atoms with Crippen molar-refractivity contribution in [1.29, 1.82) is 0 Å². The van der Waals surface area contributed by atoms with Crippen molar-refractivity contribution < 1.29 is 4.42 Å². The molecule has 0 aliphatic carbocycles. The van der Waals surface area contributed by atoms with E-state index >= 15 is 0 Å². The van der Waals surface area contributed by atoms with Crippen molar-refractivity contribution in [1.82, 2.24) is 14.5 Å². The van der Waals surface area contributed by atoms with Crippen molar-refractivity contribution in [2.45, 2.75) is 0 Å². The number of rotatable bonds is 2. The number of para-hydroxylation sites is 3. The third-order valence-corrected chi connectivity index (χ3v) is 7.96. The lowest BCUT2D eigenvalue weighted by Crippen LogP contribution is -2.03. The Kier molecular flexibility index (Phi) is 4.30. The second-order valence-corrected chi connectivity index (χ2v) is 10.2. The number of hydrogen-bond acceptors (Lipinski definition) is 3. The summed E-state index contributed by atoms with van der Waals surface area (Å²) in [6.45, 7) is 0. The van der Waals surface area contributed by atoms with E-state index in [1.54, 1.807) is 0 Å². The number of aromatic nitrogens is 3. The third-order valence-electron chi connectivity index (χ3n) is 7.96. The highest BCUT2D eigenvalue weighted by Gasteiger charge is 2.23. The second kappa shape index (κ2) is 8.01. The fraction of sp³-hybridized carbons (Fsp3) is 0. The molecule has 0 unspecified atom stereocenters. The number of nitrogens with zero attached hydrogens (tertiary/aromatic N) is 3. The highest BCUT2D eigenvalue weighted by Crippen LogP contribution is 2.44. The molecule has 0 N–H and O–H groups in total. The molecule has 0 fully saturated rings. The van der Waals surface area contributed by atoms with Crippen LogP contribution in [0.15, 0.2) is 132 Å². The molecule has 0 aliphatic rings. The number of benzene rings is 6. The Morgan fingerprint density at radius 1 is 0.525 bits per heavy atom. The van der Waals surface area contributed by atoms with Gasteiger partial charge in [-0.2, -0.15) is 0 Å². The summed E-state index contributed by atoms with van der Waals surface area (Å²) >= 11 is 0. The standard InChI is InChI=1S/C36H21N3O/c1-2-11-22(12-3-1)34-36(38-28-18-8-7-17-27(28)37-34)39-29-19-10-16-26-25-15-6-9-20-31(25)40-35-24-14-5-4-13-23(24)21-30(39)33(35)32(26)29/h1-21H. The van der Waals surface area contributed by atoms with Crippen LogP contribution in [0.5, 0.6) is 0 Å². The molecule has 0 spiro atoms. The van der Waals surface area contributed by atoms with Gasteiger partial charge in [0, 0.05) is 21.7 Å². The van der Waals surface area contributed by atoms with Gasteiger partial charge < -0.3 is 4.42 Å². The lowest BCUT2D eigenvalue weighted by molar-refractivity contribution is 0.667. The Hall–Kier alpha value is -5.48. The van der Waals surface area contributed by atoms with Gasteiger partial charge in [0.15, 0.2) is 5.82 Å². The monoisotopic (exact) mass is 511 g/mol. The van der Waals surface area contributed by atoms with Gasteiger partial charge in [0.25, 0.3) is 0 Å². The van der Waals surface area contributed by atoms with E-state index in [2.05, 4.69) is 95.6 Å². The Balaban J connectivity index is 1.57. The minimum Gasteiger partial charge on any atom is -0.455 e. The van der Waals surface area contributed by atoms with Crippen molar-refractivity contribution in [2.75, 3.05) is 0 Å². The Bertz CT molecular complexity index is 2430. The highest BCUT2D eigenvalue weighted by atomic mass is 16.3. The summed E-state index contributed by atoms with van der Waals surface area (Å²) in [4.78, 5) is 10.5. The van der Waals surface area contributed by atoms with E-state index < -0.39 is 0 Å². The van der Waals surface area contributed by atoms with Crippen molar-refractivity contribution in [3.8, 4) is 17.1 Å². The first-order valence-corrected chi connectivity index (χ1v) is 13.4. The fourth-order valence-electron chi connectivity index (χ4n) is 6.22. The topological polar surface area (TPSA) is 43.9 Å². The first-order chi connectivity index (χ1) is 19.8. The van der Waals surface area contributed by atoms with E-state index in [9.17, 15) is 0 Å². The molecule has 4 heteroatoms. The van der Waals surface area contributed by atoms with Crippen molar-refractivity contribution in [3.05, 3.63) is 127 Å². The molecule has 40 heavy (non-hydrogen) atoms. The van der Waals surface area contributed by atoms with Crippen LogP contribution >= 0.6 is 0 Å². The van der Waals surface area contributed by atoms with Crippen LogP contribution in [-0.2, 0) is 0 Å². The van der Waals surface area contributed by atoms with E-state index in [1.165, 1.54) is 0 Å². The fourth-order valence-corrected chi connectivity index (χ4v) is 6.22. The summed E-state index contributed by atoms with van der Waals surface area (Å²) in [7, 11) is 0. The highest BCUT2D eigenvalue weighted by molar-refractivity contribution is 6.30. The smallest absolute Gasteiger partial charge is 0.165 e. The second-order valence-electron chi connectivity index (χ2n) is 10.2. The molecule has 186 valence electrons. The third kappa shape index (κ3) is 2.90. The minimum absolute atomic E-state index is 0.803. The van der Waals surface area contributed by atoms with Gasteiger partial charge in [0.1, 0.15) is 16.9 Å². The molecule has 0 aliphatic heterocycles. The molecular weight excluding hydrogens is 490 g/mol. The summed E-state index contributed by atoms with van der Waals surface area (Å²) in [5.74, 6) is 0.803. The quantitative estimate of drug-likeness (QED) is 0.232. The van der Waals surface area contributed by atoms with Crippen molar-refractivity contribution >= 4 is 65.6 Å². The molecule has 9 aromatic rings. The molecule has 0 atom stereocenters. The molecule has 3 heterocycles. The van der Waals surface area contributed by atoms with Crippen LogP contribution in [0.3, 0.4) is 0 Å². The zero-order chi connectivity index (χ0) is 26.2. The van der Waals surface area contributed by atoms with Gasteiger partial charge in [-0.1, -0.05) is 97.1 Å². The van der Waals surface area contributed by atoms with Crippen LogP contribution < -0.4 is 0 Å². The van der Waals surface area contributed by atoms with Crippen LogP contribution in [-0.4, -0.2) is 14.5 Å². The van der Waals surface area contributed by atoms with Gasteiger partial charge in [0.05, 0.1) is 27.5 Å². The van der Waals surface area contributed by atoms with E-state index in [4.69, 9.17) is 14.4 Å². The van der Waals surface area contributed by atoms with Gasteiger partial charge in [-0.3, -0.25) is 4.57 Å². The van der Waals surface area contributed by atoms with E-state index in [0.717, 1.165) is 82.6 Å². The lowest BCUT2D eigenvalue weighted by atomic mass is 10.0. The summed E-state index contributed by atoms with van der Waals surface area (Å²) in [5.41, 5.74) is 7.47. The molecular formula is C36H21N3O. The van der Waals surface area contributed by atoms with Crippen molar-refractivity contribution in [2.24, 2.45) is 0 Å². The molecule has 6 aromatic carbocycles. The maximum Gasteiger partial charge on any atom is 0.165 e. The first kappa shape index (κ1) is 21.5. The average Bonchev–Trinajstić information content (AvgIpc) is 3.26. The lowest BCUT2D eigenvalue weighted by Gasteiger charge is -2.14. The maximum atomic E-state index is 6.82. The predicted octanol–water partition coefficient (Wildman–Crippen LogP) is 9.45. The number of hydrogen-bond donors (Lipinski definition) is 0. The molecule has 0 saturated heterocycles. The maximum absolute atomic E-state index is 6.82. The van der Waals surface area contributed by atoms with Gasteiger partial charge >= 0.3 is 0 Å². The van der Waals surface area contributed by atoms with E-state index in [1.807, 2.05) is 36.4 Å². The first-order valence-electron chi connectivity index (χ1n) is 13.4. The van der Waals surface area contributed by atoms with Crippen LogP contribution in [0.2, 0.25) is 0 Å². The molecule has 0 radical (unpaired) electrons. The van der Waals surface area contributed by atoms with Crippen LogP contribution in [0, 0.1) is 0 Å². The summed E-state index contributed by atoms with van der Waals surface area (Å²) < 4.78 is 9.10. The van der Waals surface area contributed by atoms with Gasteiger partial charge in [-0.15, -0.1) is 0 Å². The Labute approximate surface area is 228 Å². The zero-order valence-corrected chi connectivity index (χ0v) is 21.4. The molecule has 4 nitrogen and oxygen atoms in total. The van der Waals surface area contributed by atoms with E-state index in [0.29, 0.717) is 0 Å².